The van der Waals surface area contributed by atoms with Crippen molar-refractivity contribution in [3.63, 3.8) is 0 Å². The van der Waals surface area contributed by atoms with E-state index in [0.717, 1.165) is 10.0 Å². The number of para-hydroxylation sites is 1. The first-order chi connectivity index (χ1) is 21.8. The number of benzene rings is 3. The van der Waals surface area contributed by atoms with E-state index in [-0.39, 0.29) is 17.6 Å². The Morgan fingerprint density at radius 1 is 0.957 bits per heavy atom. The molecule has 0 aliphatic heterocycles. The summed E-state index contributed by atoms with van der Waals surface area (Å²) in [5.74, 6) is -0.701. The van der Waals surface area contributed by atoms with Gasteiger partial charge in [-0.1, -0.05) is 70.5 Å². The number of amides is 1. The van der Waals surface area contributed by atoms with Crippen LogP contribution in [0.4, 0.5) is 8.78 Å². The van der Waals surface area contributed by atoms with Crippen molar-refractivity contribution >= 4 is 44.3 Å². The van der Waals surface area contributed by atoms with E-state index in [1.54, 1.807) is 18.2 Å². The molecule has 0 unspecified atom stereocenters. The van der Waals surface area contributed by atoms with Crippen molar-refractivity contribution in [2.45, 2.75) is 71.1 Å². The van der Waals surface area contributed by atoms with E-state index in [2.05, 4.69) is 21.2 Å². The minimum absolute atomic E-state index is 0.0231. The summed E-state index contributed by atoms with van der Waals surface area (Å²) in [6.45, 7) is 4.29. The number of nitrogens with zero attached hydrogens (tertiary/aromatic N) is 1. The third kappa shape index (κ3) is 5.93. The zero-order chi connectivity index (χ0) is 32.9. The third-order valence-corrected chi connectivity index (χ3v) is 9.44. The molecule has 2 bridgehead atoms. The highest BCUT2D eigenvalue weighted by molar-refractivity contribution is 9.10. The molecule has 238 valence electrons. The van der Waals surface area contributed by atoms with E-state index in [1.807, 2.05) is 82.3 Å². The summed E-state index contributed by atoms with van der Waals surface area (Å²) in [7, 11) is 0. The van der Waals surface area contributed by atoms with Gasteiger partial charge in [-0.2, -0.15) is 8.78 Å². The van der Waals surface area contributed by atoms with Crippen molar-refractivity contribution < 1.29 is 27.8 Å². The quantitative estimate of drug-likeness (QED) is 0.196. The van der Waals surface area contributed by atoms with Gasteiger partial charge < -0.3 is 14.8 Å². The number of carbonyl (C=O) groups is 2. The van der Waals surface area contributed by atoms with Crippen LogP contribution >= 0.6 is 15.9 Å². The molecule has 3 aliphatic rings. The Hall–Kier alpha value is -4.11. The summed E-state index contributed by atoms with van der Waals surface area (Å²) in [5, 5.41) is 4.04. The number of fused-ring (bicyclic) bond motifs is 3. The molecule has 1 fully saturated rings. The van der Waals surface area contributed by atoms with Crippen LogP contribution in [-0.2, 0) is 9.53 Å². The Morgan fingerprint density at radius 2 is 1.63 bits per heavy atom. The zero-order valence-electron chi connectivity index (χ0n) is 26.1. The lowest BCUT2D eigenvalue weighted by Gasteiger charge is -2.52. The highest BCUT2D eigenvalue weighted by atomic mass is 79.9. The molecule has 6 nitrogen and oxygen atoms in total. The van der Waals surface area contributed by atoms with Crippen LogP contribution in [-0.4, -0.2) is 34.6 Å². The lowest BCUT2D eigenvalue weighted by molar-refractivity contribution is -0.167. The van der Waals surface area contributed by atoms with Crippen molar-refractivity contribution in [1.82, 2.24) is 10.3 Å². The Kier molecular flexibility index (Phi) is 8.25. The van der Waals surface area contributed by atoms with Crippen molar-refractivity contribution in [3.8, 4) is 17.0 Å². The summed E-state index contributed by atoms with van der Waals surface area (Å²) < 4.78 is 38.8. The molecular formula is C37H35BrF2N2O4. The van der Waals surface area contributed by atoms with Crippen LogP contribution in [0.15, 0.2) is 83.3 Å². The fourth-order valence-electron chi connectivity index (χ4n) is 6.79. The lowest BCUT2D eigenvalue weighted by atomic mass is 9.57. The highest BCUT2D eigenvalue weighted by Crippen LogP contribution is 2.56. The maximum Gasteiger partial charge on any atom is 0.387 e. The van der Waals surface area contributed by atoms with Gasteiger partial charge in [-0.3, -0.25) is 9.59 Å². The summed E-state index contributed by atoms with van der Waals surface area (Å²) in [5.41, 5.74) is 1.79. The molecule has 1 amide bonds. The molecule has 1 heterocycles. The van der Waals surface area contributed by atoms with E-state index >= 15 is 0 Å². The molecule has 9 heteroatoms. The van der Waals surface area contributed by atoms with Crippen LogP contribution in [0.3, 0.4) is 0 Å². The van der Waals surface area contributed by atoms with Gasteiger partial charge in [0.1, 0.15) is 11.4 Å². The third-order valence-electron chi connectivity index (χ3n) is 8.95. The fraction of sp³-hybridized carbons (Fsp3) is 0.324. The summed E-state index contributed by atoms with van der Waals surface area (Å²) in [4.78, 5) is 33.2. The molecule has 0 radical (unpaired) electrons. The van der Waals surface area contributed by atoms with Crippen molar-refractivity contribution in [1.29, 1.82) is 0 Å². The molecule has 0 saturated heterocycles. The van der Waals surface area contributed by atoms with Crippen LogP contribution in [0.5, 0.6) is 5.75 Å². The number of esters is 1. The number of rotatable bonds is 7. The van der Waals surface area contributed by atoms with E-state index in [1.165, 1.54) is 6.07 Å². The Morgan fingerprint density at radius 3 is 2.30 bits per heavy atom. The second-order valence-electron chi connectivity index (χ2n) is 13.1. The van der Waals surface area contributed by atoms with E-state index in [4.69, 9.17) is 14.5 Å². The number of alkyl halides is 2. The summed E-state index contributed by atoms with van der Waals surface area (Å²) >= 11 is 3.55. The molecule has 1 aromatic heterocycles. The smallest absolute Gasteiger partial charge is 0.387 e. The predicted octanol–water partition coefficient (Wildman–Crippen LogP) is 9.04. The minimum Gasteiger partial charge on any atom is -0.459 e. The Balaban J connectivity index is 1.50. The van der Waals surface area contributed by atoms with Crippen LogP contribution in [0.25, 0.3) is 27.7 Å². The summed E-state index contributed by atoms with van der Waals surface area (Å²) in [6.07, 6.45) is 3.50. The van der Waals surface area contributed by atoms with Gasteiger partial charge in [0.15, 0.2) is 0 Å². The number of ether oxygens (including phenoxy) is 2. The molecule has 3 aliphatic carbocycles. The van der Waals surface area contributed by atoms with Gasteiger partial charge in [0.25, 0.3) is 5.91 Å². The Labute approximate surface area is 275 Å². The minimum atomic E-state index is -3.05. The predicted molar refractivity (Wildman–Crippen MR) is 178 cm³/mol. The van der Waals surface area contributed by atoms with Crippen LogP contribution in [0.1, 0.15) is 67.9 Å². The molecule has 1 N–H and O–H groups in total. The van der Waals surface area contributed by atoms with Crippen molar-refractivity contribution in [2.24, 2.45) is 5.41 Å². The van der Waals surface area contributed by atoms with Crippen LogP contribution in [0.2, 0.25) is 0 Å². The number of hydrogen-bond donors (Lipinski definition) is 1. The topological polar surface area (TPSA) is 77.5 Å². The average Bonchev–Trinajstić information content (AvgIpc) is 3.01. The summed E-state index contributed by atoms with van der Waals surface area (Å²) in [6, 6.07) is 21.9. The average molecular weight is 690 g/mol. The van der Waals surface area contributed by atoms with Gasteiger partial charge in [0, 0.05) is 21.0 Å². The molecular weight excluding hydrogens is 654 g/mol. The van der Waals surface area contributed by atoms with Gasteiger partial charge in [0.05, 0.1) is 27.7 Å². The van der Waals surface area contributed by atoms with Gasteiger partial charge in [0.2, 0.25) is 0 Å². The standard InChI is InChI=1S/C37H35BrF2N2O4/c1-22-30(26-20-24(38)14-15-28(26)41-31(22)23-10-6-5-7-11-23)32(43)42-37-18-16-36(17-19-37,33(44)46-35(2,3)4)21-27(37)25-12-8-9-13-29(25)45-34(39)40/h5-15,20-21,34H,16-19H2,1-4H3,(H,42,43). The second-order valence-corrected chi connectivity index (χ2v) is 14.0. The molecule has 4 aromatic rings. The maximum atomic E-state index is 14.6. The molecule has 3 aromatic carbocycles. The number of nitrogens with one attached hydrogen (secondary N) is 1. The molecule has 0 spiro atoms. The van der Waals surface area contributed by atoms with Crippen molar-refractivity contribution in [3.05, 3.63) is 100 Å². The van der Waals surface area contributed by atoms with Gasteiger partial charge >= 0.3 is 12.6 Å². The number of pyridine rings is 1. The Bertz CT molecular complexity index is 1860. The lowest BCUT2D eigenvalue weighted by Crippen LogP contribution is -2.58. The van der Waals surface area contributed by atoms with Crippen LogP contribution < -0.4 is 10.1 Å². The van der Waals surface area contributed by atoms with E-state index in [9.17, 15) is 18.4 Å². The SMILES string of the molecule is Cc1c(-c2ccccc2)nc2ccc(Br)cc2c1C(=O)NC12CCC(C(=O)OC(C)(C)C)(C=C1c1ccccc1OC(F)F)CC2. The first-order valence-electron chi connectivity index (χ1n) is 15.3. The van der Waals surface area contributed by atoms with Gasteiger partial charge in [-0.15, -0.1) is 0 Å². The largest absolute Gasteiger partial charge is 0.459 e. The van der Waals surface area contributed by atoms with Gasteiger partial charge in [-0.25, -0.2) is 4.98 Å². The van der Waals surface area contributed by atoms with Crippen LogP contribution in [0, 0.1) is 12.3 Å². The highest BCUT2D eigenvalue weighted by Gasteiger charge is 2.55. The number of hydrogen-bond acceptors (Lipinski definition) is 5. The van der Waals surface area contributed by atoms with Crippen molar-refractivity contribution in [2.75, 3.05) is 0 Å². The maximum absolute atomic E-state index is 14.6. The first-order valence-corrected chi connectivity index (χ1v) is 16.1. The molecule has 0 atom stereocenters. The number of aromatic nitrogens is 1. The van der Waals surface area contributed by atoms with Gasteiger partial charge in [-0.05, 0) is 88.8 Å². The molecule has 1 saturated carbocycles. The van der Waals surface area contributed by atoms with E-state index < -0.39 is 23.2 Å². The van der Waals surface area contributed by atoms with E-state index in [0.29, 0.717) is 64.5 Å². The second kappa shape index (κ2) is 11.9. The molecule has 46 heavy (non-hydrogen) atoms. The normalized spacial score (nSPS) is 20.8. The zero-order valence-corrected chi connectivity index (χ0v) is 27.7. The number of carbonyl (C=O) groups excluding carboxylic acids is 2. The first kappa shape index (κ1) is 31.9. The molecule has 7 rings (SSSR count). The fourth-order valence-corrected chi connectivity index (χ4v) is 7.15. The monoisotopic (exact) mass is 688 g/mol. The number of halogens is 3.